The number of carbonyl (C=O) groups is 3. The SMILES string of the molecule is O=C(ON1C(=O)c2ccccc2C1=O)c1cc2ccccc2c(=O)o1. The highest BCUT2D eigenvalue weighted by Gasteiger charge is 2.39. The van der Waals surface area contributed by atoms with Crippen LogP contribution in [0.5, 0.6) is 0 Å². The van der Waals surface area contributed by atoms with Gasteiger partial charge in [0.15, 0.2) is 0 Å². The minimum Gasteiger partial charge on any atom is -0.415 e. The van der Waals surface area contributed by atoms with Crippen molar-refractivity contribution >= 4 is 28.6 Å². The molecule has 0 bridgehead atoms. The molecule has 2 aromatic carbocycles. The van der Waals surface area contributed by atoms with E-state index < -0.39 is 29.2 Å². The average Bonchev–Trinajstić information content (AvgIpc) is 2.87. The summed E-state index contributed by atoms with van der Waals surface area (Å²) in [7, 11) is 0. The van der Waals surface area contributed by atoms with Crippen LogP contribution in [-0.4, -0.2) is 22.8 Å². The molecule has 3 aromatic rings. The lowest BCUT2D eigenvalue weighted by atomic mass is 10.1. The van der Waals surface area contributed by atoms with E-state index in [1.54, 1.807) is 36.4 Å². The summed E-state index contributed by atoms with van der Waals surface area (Å²) in [5, 5.41) is 1.15. The van der Waals surface area contributed by atoms with Gasteiger partial charge in [0.1, 0.15) is 0 Å². The monoisotopic (exact) mass is 335 g/mol. The summed E-state index contributed by atoms with van der Waals surface area (Å²) in [5.74, 6) is -3.02. The van der Waals surface area contributed by atoms with E-state index in [-0.39, 0.29) is 11.1 Å². The topological polar surface area (TPSA) is 93.9 Å². The third-order valence-corrected chi connectivity index (χ3v) is 3.80. The molecule has 7 nitrogen and oxygen atoms in total. The number of hydrogen-bond acceptors (Lipinski definition) is 6. The molecule has 4 rings (SSSR count). The molecule has 0 spiro atoms. The van der Waals surface area contributed by atoms with Crippen LogP contribution in [0.15, 0.2) is 63.8 Å². The number of carbonyl (C=O) groups excluding carboxylic acids is 3. The Morgan fingerprint density at radius 3 is 2.16 bits per heavy atom. The fourth-order valence-corrected chi connectivity index (χ4v) is 2.61. The second kappa shape index (κ2) is 5.41. The van der Waals surface area contributed by atoms with Gasteiger partial charge in [-0.15, -0.1) is 0 Å². The highest BCUT2D eigenvalue weighted by Crippen LogP contribution is 2.23. The summed E-state index contributed by atoms with van der Waals surface area (Å²) in [6, 6.07) is 14.0. The summed E-state index contributed by atoms with van der Waals surface area (Å²) < 4.78 is 4.93. The number of hydrogen-bond donors (Lipinski definition) is 0. The zero-order chi connectivity index (χ0) is 17.6. The Labute approximate surface area is 140 Å². The average molecular weight is 335 g/mol. The molecule has 2 amide bonds. The molecule has 0 unspecified atom stereocenters. The second-order valence-corrected chi connectivity index (χ2v) is 5.31. The fourth-order valence-electron chi connectivity index (χ4n) is 2.61. The van der Waals surface area contributed by atoms with E-state index in [1.165, 1.54) is 18.2 Å². The number of hydroxylamine groups is 2. The van der Waals surface area contributed by atoms with Gasteiger partial charge in [0.05, 0.1) is 16.5 Å². The predicted molar refractivity (Wildman–Crippen MR) is 84.8 cm³/mol. The predicted octanol–water partition coefficient (Wildman–Crippen LogP) is 2.16. The minimum atomic E-state index is -1.11. The molecule has 7 heteroatoms. The first-order valence-corrected chi connectivity index (χ1v) is 7.29. The molecular weight excluding hydrogens is 326 g/mol. The molecule has 0 saturated carbocycles. The van der Waals surface area contributed by atoms with Crippen molar-refractivity contribution in [1.29, 1.82) is 0 Å². The molecule has 0 atom stereocenters. The molecular formula is C18H9NO6. The van der Waals surface area contributed by atoms with Crippen molar-refractivity contribution < 1.29 is 23.6 Å². The van der Waals surface area contributed by atoms with Gasteiger partial charge in [0, 0.05) is 0 Å². The summed E-state index contributed by atoms with van der Waals surface area (Å²) in [6.07, 6.45) is 0. The molecule has 122 valence electrons. The molecule has 0 fully saturated rings. The van der Waals surface area contributed by atoms with Crippen LogP contribution in [-0.2, 0) is 4.84 Å². The summed E-state index contributed by atoms with van der Waals surface area (Å²) in [6.45, 7) is 0. The largest absolute Gasteiger partial charge is 0.415 e. The van der Waals surface area contributed by atoms with Crippen molar-refractivity contribution in [3.63, 3.8) is 0 Å². The lowest BCUT2D eigenvalue weighted by molar-refractivity contribution is -0.0605. The van der Waals surface area contributed by atoms with Gasteiger partial charge in [0.2, 0.25) is 5.76 Å². The van der Waals surface area contributed by atoms with Gasteiger partial charge in [-0.3, -0.25) is 9.59 Å². The van der Waals surface area contributed by atoms with Gasteiger partial charge >= 0.3 is 11.6 Å². The molecule has 1 aromatic heterocycles. The maximum Gasteiger partial charge on any atom is 0.399 e. The van der Waals surface area contributed by atoms with Crippen molar-refractivity contribution in [2.24, 2.45) is 0 Å². The van der Waals surface area contributed by atoms with Crippen LogP contribution in [0.2, 0.25) is 0 Å². The molecule has 2 heterocycles. The van der Waals surface area contributed by atoms with E-state index in [9.17, 15) is 19.2 Å². The Morgan fingerprint density at radius 2 is 1.48 bits per heavy atom. The number of amides is 2. The molecule has 1 aliphatic rings. The highest BCUT2D eigenvalue weighted by molar-refractivity contribution is 6.21. The summed E-state index contributed by atoms with van der Waals surface area (Å²) in [5.41, 5.74) is -0.437. The maximum absolute atomic E-state index is 12.2. The first-order chi connectivity index (χ1) is 12.1. The van der Waals surface area contributed by atoms with E-state index in [0.29, 0.717) is 15.8 Å². The van der Waals surface area contributed by atoms with Gasteiger partial charge in [0.25, 0.3) is 11.8 Å². The zero-order valence-corrected chi connectivity index (χ0v) is 12.6. The lowest BCUT2D eigenvalue weighted by Crippen LogP contribution is -2.32. The van der Waals surface area contributed by atoms with Crippen molar-refractivity contribution in [2.75, 3.05) is 0 Å². The molecule has 0 saturated heterocycles. The van der Waals surface area contributed by atoms with Gasteiger partial charge in [-0.2, -0.15) is 0 Å². The molecule has 0 N–H and O–H groups in total. The standard InChI is InChI=1S/C18H9NO6/c20-15-12-7-3-4-8-13(12)16(21)19(15)25-18(23)14-9-10-5-1-2-6-11(10)17(22)24-14/h1-9H. The minimum absolute atomic E-state index is 0.139. The Hall–Kier alpha value is -3.74. The maximum atomic E-state index is 12.2. The molecule has 0 aliphatic carbocycles. The van der Waals surface area contributed by atoms with Crippen LogP contribution < -0.4 is 5.63 Å². The smallest absolute Gasteiger partial charge is 0.399 e. The highest BCUT2D eigenvalue weighted by atomic mass is 16.7. The van der Waals surface area contributed by atoms with Crippen LogP contribution in [0.3, 0.4) is 0 Å². The van der Waals surface area contributed by atoms with E-state index in [0.717, 1.165) is 0 Å². The number of benzene rings is 2. The summed E-state index contributed by atoms with van der Waals surface area (Å²) in [4.78, 5) is 53.4. The number of imide groups is 1. The molecule has 0 radical (unpaired) electrons. The first-order valence-electron chi connectivity index (χ1n) is 7.29. The van der Waals surface area contributed by atoms with Crippen molar-refractivity contribution in [1.82, 2.24) is 5.06 Å². The van der Waals surface area contributed by atoms with Crippen molar-refractivity contribution in [3.05, 3.63) is 81.9 Å². The normalized spacial score (nSPS) is 13.2. The summed E-state index contributed by atoms with van der Waals surface area (Å²) >= 11 is 0. The van der Waals surface area contributed by atoms with E-state index in [2.05, 4.69) is 0 Å². The lowest BCUT2D eigenvalue weighted by Gasteiger charge is -2.12. The number of nitrogens with zero attached hydrogens (tertiary/aromatic N) is 1. The third kappa shape index (κ3) is 2.29. The van der Waals surface area contributed by atoms with Crippen LogP contribution in [0, 0.1) is 0 Å². The second-order valence-electron chi connectivity index (χ2n) is 5.31. The van der Waals surface area contributed by atoms with Gasteiger partial charge in [-0.05, 0) is 29.7 Å². The molecule has 1 aliphatic heterocycles. The van der Waals surface area contributed by atoms with Crippen LogP contribution in [0.4, 0.5) is 0 Å². The Bertz CT molecular complexity index is 1080. The van der Waals surface area contributed by atoms with Gasteiger partial charge in [-0.1, -0.05) is 35.4 Å². The number of rotatable bonds is 2. The van der Waals surface area contributed by atoms with Crippen molar-refractivity contribution in [2.45, 2.75) is 0 Å². The van der Waals surface area contributed by atoms with E-state index in [1.807, 2.05) is 0 Å². The van der Waals surface area contributed by atoms with Crippen LogP contribution in [0.1, 0.15) is 31.3 Å². The third-order valence-electron chi connectivity index (χ3n) is 3.80. The zero-order valence-electron chi connectivity index (χ0n) is 12.6. The van der Waals surface area contributed by atoms with Crippen molar-refractivity contribution in [3.8, 4) is 0 Å². The quantitative estimate of drug-likeness (QED) is 0.666. The fraction of sp³-hybridized carbons (Fsp3) is 0. The first kappa shape index (κ1) is 14.8. The van der Waals surface area contributed by atoms with Crippen LogP contribution in [0.25, 0.3) is 10.8 Å². The Balaban J connectivity index is 1.67. The van der Waals surface area contributed by atoms with Gasteiger partial charge < -0.3 is 9.25 Å². The van der Waals surface area contributed by atoms with E-state index in [4.69, 9.17) is 9.25 Å². The van der Waals surface area contributed by atoms with Crippen LogP contribution >= 0.6 is 0 Å². The Kier molecular flexibility index (Phi) is 3.21. The Morgan fingerprint density at radius 1 is 0.880 bits per heavy atom. The van der Waals surface area contributed by atoms with E-state index >= 15 is 0 Å². The molecule has 25 heavy (non-hydrogen) atoms. The van der Waals surface area contributed by atoms with Gasteiger partial charge in [-0.25, -0.2) is 9.59 Å². The number of fused-ring (bicyclic) bond motifs is 2.